The maximum Gasteiger partial charge on any atom is 0.122 e. The van der Waals surface area contributed by atoms with Crippen molar-refractivity contribution in [2.24, 2.45) is 5.73 Å². The summed E-state index contributed by atoms with van der Waals surface area (Å²) in [5.41, 5.74) is 8.01. The maximum atomic E-state index is 5.67. The Labute approximate surface area is 83.1 Å². The van der Waals surface area contributed by atoms with Crippen LogP contribution in [0, 0.1) is 0 Å². The molecule has 74 valence electrons. The summed E-state index contributed by atoms with van der Waals surface area (Å²) in [7, 11) is 1.69. The van der Waals surface area contributed by atoms with Gasteiger partial charge in [0, 0.05) is 25.2 Å². The lowest BCUT2D eigenvalue weighted by Gasteiger charge is -2.01. The Morgan fingerprint density at radius 2 is 2.14 bits per heavy atom. The number of para-hydroxylation sites is 1. The summed E-state index contributed by atoms with van der Waals surface area (Å²) in [6.07, 6.45) is 2.05. The Balaban J connectivity index is 2.61. The summed E-state index contributed by atoms with van der Waals surface area (Å²) in [4.78, 5) is 0. The largest absolute Gasteiger partial charge is 0.364 e. The number of methoxy groups -OCH3 is 1. The van der Waals surface area contributed by atoms with Crippen LogP contribution in [0.25, 0.3) is 10.9 Å². The van der Waals surface area contributed by atoms with Crippen LogP contribution in [0.4, 0.5) is 0 Å². The Hall–Kier alpha value is -1.32. The number of rotatable bonds is 3. The molecule has 0 aliphatic rings. The molecule has 0 spiro atoms. The van der Waals surface area contributed by atoms with E-state index in [9.17, 15) is 0 Å². The molecule has 2 aromatic rings. The summed E-state index contributed by atoms with van der Waals surface area (Å²) in [6.45, 7) is 1.14. The minimum atomic E-state index is 0.567. The summed E-state index contributed by atoms with van der Waals surface area (Å²) in [5, 5.41) is 1.21. The lowest BCUT2D eigenvalue weighted by molar-refractivity contribution is 0.135. The van der Waals surface area contributed by atoms with Gasteiger partial charge >= 0.3 is 0 Å². The first-order valence-electron chi connectivity index (χ1n) is 4.62. The van der Waals surface area contributed by atoms with Crippen LogP contribution in [0.3, 0.4) is 0 Å². The van der Waals surface area contributed by atoms with Crippen molar-refractivity contribution in [2.45, 2.75) is 13.3 Å². The average Bonchev–Trinajstić information content (AvgIpc) is 2.58. The predicted octanol–water partition coefficient (Wildman–Crippen LogP) is 1.70. The van der Waals surface area contributed by atoms with Gasteiger partial charge in [0.2, 0.25) is 0 Å². The van der Waals surface area contributed by atoms with Gasteiger partial charge in [-0.3, -0.25) is 0 Å². The van der Waals surface area contributed by atoms with Crippen LogP contribution in [0.1, 0.15) is 5.56 Å². The minimum Gasteiger partial charge on any atom is -0.364 e. The molecule has 3 nitrogen and oxygen atoms in total. The minimum absolute atomic E-state index is 0.567. The topological polar surface area (TPSA) is 40.2 Å². The second kappa shape index (κ2) is 3.82. The molecule has 0 aliphatic heterocycles. The van der Waals surface area contributed by atoms with Crippen LogP contribution in [0.15, 0.2) is 30.5 Å². The smallest absolute Gasteiger partial charge is 0.122 e. The van der Waals surface area contributed by atoms with E-state index in [1.165, 1.54) is 10.9 Å². The molecular formula is C11H14N2O. The monoisotopic (exact) mass is 190 g/mol. The Kier molecular flexibility index (Phi) is 2.52. The number of aromatic nitrogens is 1. The highest BCUT2D eigenvalue weighted by Crippen LogP contribution is 2.20. The highest BCUT2D eigenvalue weighted by Gasteiger charge is 2.05. The van der Waals surface area contributed by atoms with Crippen molar-refractivity contribution in [3.8, 4) is 0 Å². The second-order valence-electron chi connectivity index (χ2n) is 3.26. The van der Waals surface area contributed by atoms with Crippen molar-refractivity contribution < 1.29 is 4.74 Å². The van der Waals surface area contributed by atoms with E-state index in [0.29, 0.717) is 13.3 Å². The summed E-state index contributed by atoms with van der Waals surface area (Å²) < 4.78 is 7.18. The molecule has 3 heteroatoms. The van der Waals surface area contributed by atoms with Crippen molar-refractivity contribution in [1.29, 1.82) is 0 Å². The van der Waals surface area contributed by atoms with Gasteiger partial charge in [-0.05, 0) is 11.6 Å². The molecule has 0 bridgehead atoms. The molecule has 0 saturated carbocycles. The molecule has 0 fully saturated rings. The number of benzene rings is 1. The van der Waals surface area contributed by atoms with E-state index < -0.39 is 0 Å². The van der Waals surface area contributed by atoms with E-state index in [1.54, 1.807) is 7.11 Å². The van der Waals surface area contributed by atoms with Crippen LogP contribution in [0.5, 0.6) is 0 Å². The first-order valence-corrected chi connectivity index (χ1v) is 4.62. The van der Waals surface area contributed by atoms with Crippen molar-refractivity contribution in [3.05, 3.63) is 36.0 Å². The molecule has 1 aromatic carbocycles. The van der Waals surface area contributed by atoms with Gasteiger partial charge in [-0.1, -0.05) is 18.2 Å². The van der Waals surface area contributed by atoms with Crippen LogP contribution in [-0.2, 0) is 18.0 Å². The third-order valence-corrected chi connectivity index (χ3v) is 2.36. The van der Waals surface area contributed by atoms with E-state index in [1.807, 2.05) is 18.3 Å². The first kappa shape index (κ1) is 9.24. The van der Waals surface area contributed by atoms with Gasteiger partial charge in [0.05, 0.1) is 5.52 Å². The Bertz CT molecular complexity index is 434. The third-order valence-electron chi connectivity index (χ3n) is 2.36. The van der Waals surface area contributed by atoms with E-state index in [-0.39, 0.29) is 0 Å². The fraction of sp³-hybridized carbons (Fsp3) is 0.273. The number of nitrogens with zero attached hydrogens (tertiary/aromatic N) is 1. The van der Waals surface area contributed by atoms with Crippen molar-refractivity contribution in [2.75, 3.05) is 7.11 Å². The Morgan fingerprint density at radius 3 is 2.86 bits per heavy atom. The van der Waals surface area contributed by atoms with Gasteiger partial charge in [-0.2, -0.15) is 0 Å². The lowest BCUT2D eigenvalue weighted by Crippen LogP contribution is -1.98. The fourth-order valence-corrected chi connectivity index (χ4v) is 1.73. The zero-order chi connectivity index (χ0) is 9.97. The molecule has 2 rings (SSSR count). The van der Waals surface area contributed by atoms with Gasteiger partial charge in [-0.25, -0.2) is 0 Å². The zero-order valence-corrected chi connectivity index (χ0v) is 8.23. The number of hydrogen-bond acceptors (Lipinski definition) is 2. The molecule has 0 unspecified atom stereocenters. The molecule has 0 amide bonds. The van der Waals surface area contributed by atoms with E-state index in [4.69, 9.17) is 10.5 Å². The van der Waals surface area contributed by atoms with Gasteiger partial charge in [-0.15, -0.1) is 0 Å². The molecule has 0 atom stereocenters. The standard InChI is InChI=1S/C11H14N2O/c1-14-8-13-7-9(6-12)10-4-2-3-5-11(10)13/h2-5,7H,6,8,12H2,1H3. The quantitative estimate of drug-likeness (QED) is 0.800. The molecule has 0 radical (unpaired) electrons. The number of nitrogens with two attached hydrogens (primary N) is 1. The number of hydrogen-bond donors (Lipinski definition) is 1. The number of ether oxygens (including phenoxy) is 1. The van der Waals surface area contributed by atoms with Crippen LogP contribution >= 0.6 is 0 Å². The first-order chi connectivity index (χ1) is 6.86. The average molecular weight is 190 g/mol. The van der Waals surface area contributed by atoms with Crippen LogP contribution in [0.2, 0.25) is 0 Å². The van der Waals surface area contributed by atoms with Gasteiger partial charge in [0.25, 0.3) is 0 Å². The molecule has 1 aromatic heterocycles. The normalized spacial score (nSPS) is 11.0. The van der Waals surface area contributed by atoms with Crippen molar-refractivity contribution >= 4 is 10.9 Å². The molecular weight excluding hydrogens is 176 g/mol. The van der Waals surface area contributed by atoms with Gasteiger partial charge in [0.1, 0.15) is 6.73 Å². The van der Waals surface area contributed by atoms with Crippen molar-refractivity contribution in [1.82, 2.24) is 4.57 Å². The molecule has 0 saturated heterocycles. The van der Waals surface area contributed by atoms with Crippen molar-refractivity contribution in [3.63, 3.8) is 0 Å². The Morgan fingerprint density at radius 1 is 1.36 bits per heavy atom. The highest BCUT2D eigenvalue weighted by molar-refractivity contribution is 5.83. The van der Waals surface area contributed by atoms with Gasteiger partial charge in [0.15, 0.2) is 0 Å². The predicted molar refractivity (Wildman–Crippen MR) is 56.8 cm³/mol. The molecule has 2 N–H and O–H groups in total. The number of fused-ring (bicyclic) bond motifs is 1. The maximum absolute atomic E-state index is 5.67. The highest BCUT2D eigenvalue weighted by atomic mass is 16.5. The van der Waals surface area contributed by atoms with Gasteiger partial charge < -0.3 is 15.0 Å². The molecule has 0 aliphatic carbocycles. The molecule has 14 heavy (non-hydrogen) atoms. The third kappa shape index (κ3) is 1.41. The second-order valence-corrected chi connectivity index (χ2v) is 3.26. The summed E-state index contributed by atoms with van der Waals surface area (Å²) >= 11 is 0. The van der Waals surface area contributed by atoms with E-state index in [0.717, 1.165) is 5.56 Å². The SMILES string of the molecule is COCn1cc(CN)c2ccccc21. The van der Waals surface area contributed by atoms with Crippen LogP contribution in [-0.4, -0.2) is 11.7 Å². The van der Waals surface area contributed by atoms with E-state index in [2.05, 4.69) is 16.7 Å². The van der Waals surface area contributed by atoms with Crippen LogP contribution < -0.4 is 5.73 Å². The summed E-state index contributed by atoms with van der Waals surface area (Å²) in [6, 6.07) is 8.21. The van der Waals surface area contributed by atoms with E-state index >= 15 is 0 Å². The summed E-state index contributed by atoms with van der Waals surface area (Å²) in [5.74, 6) is 0. The fourth-order valence-electron chi connectivity index (χ4n) is 1.73. The lowest BCUT2D eigenvalue weighted by atomic mass is 10.2. The zero-order valence-electron chi connectivity index (χ0n) is 8.23. The molecule has 1 heterocycles.